The maximum atomic E-state index is 13.0. The molecule has 6 heteroatoms. The first-order valence-electron chi connectivity index (χ1n) is 8.51. The molecule has 0 saturated carbocycles. The smallest absolute Gasteiger partial charge is 0.251 e. The molecule has 0 aliphatic heterocycles. The third kappa shape index (κ3) is 5.05. The van der Waals surface area contributed by atoms with Gasteiger partial charge in [0, 0.05) is 5.56 Å². The minimum atomic E-state index is -0.748. The number of carbonyl (C=O) groups excluding carboxylic acids is 2. The van der Waals surface area contributed by atoms with Gasteiger partial charge < -0.3 is 15.4 Å². The van der Waals surface area contributed by atoms with E-state index in [1.807, 2.05) is 26.8 Å². The van der Waals surface area contributed by atoms with Crippen LogP contribution in [0.5, 0.6) is 5.75 Å². The molecule has 0 aliphatic carbocycles. The lowest BCUT2D eigenvalue weighted by Crippen LogP contribution is -2.47. The summed E-state index contributed by atoms with van der Waals surface area (Å²) >= 11 is 0. The van der Waals surface area contributed by atoms with Gasteiger partial charge in [-0.05, 0) is 49.2 Å². The average Bonchev–Trinajstić information content (AvgIpc) is 2.61. The molecule has 0 radical (unpaired) electrons. The SMILES string of the molecule is CCOc1ccccc1NC(=O)[C@@H](NC(=O)c1ccc(F)cc1)C(C)C. The predicted octanol–water partition coefficient (Wildman–Crippen LogP) is 3.62. The Morgan fingerprint density at radius 2 is 1.73 bits per heavy atom. The molecule has 0 aliphatic rings. The Balaban J connectivity index is 2.12. The first-order chi connectivity index (χ1) is 12.4. The fourth-order valence-electron chi connectivity index (χ4n) is 2.42. The Bertz CT molecular complexity index is 760. The van der Waals surface area contributed by atoms with Crippen molar-refractivity contribution in [2.45, 2.75) is 26.8 Å². The third-order valence-corrected chi connectivity index (χ3v) is 3.79. The van der Waals surface area contributed by atoms with E-state index in [4.69, 9.17) is 4.74 Å². The van der Waals surface area contributed by atoms with E-state index >= 15 is 0 Å². The van der Waals surface area contributed by atoms with Crippen molar-refractivity contribution in [3.05, 3.63) is 59.9 Å². The fraction of sp³-hybridized carbons (Fsp3) is 0.300. The molecule has 138 valence electrons. The van der Waals surface area contributed by atoms with Crippen LogP contribution in [0.1, 0.15) is 31.1 Å². The van der Waals surface area contributed by atoms with Crippen molar-refractivity contribution in [3.8, 4) is 5.75 Å². The molecule has 0 fully saturated rings. The zero-order valence-corrected chi connectivity index (χ0v) is 15.1. The zero-order valence-electron chi connectivity index (χ0n) is 15.1. The van der Waals surface area contributed by atoms with Crippen LogP contribution in [0.4, 0.5) is 10.1 Å². The predicted molar refractivity (Wildman–Crippen MR) is 98.7 cm³/mol. The molecule has 26 heavy (non-hydrogen) atoms. The summed E-state index contributed by atoms with van der Waals surface area (Å²) in [4.78, 5) is 25.0. The second-order valence-electron chi connectivity index (χ2n) is 6.12. The van der Waals surface area contributed by atoms with Crippen molar-refractivity contribution >= 4 is 17.5 Å². The number of rotatable bonds is 7. The minimum Gasteiger partial charge on any atom is -0.492 e. The Labute approximate surface area is 152 Å². The van der Waals surface area contributed by atoms with Gasteiger partial charge in [0.05, 0.1) is 12.3 Å². The summed E-state index contributed by atoms with van der Waals surface area (Å²) in [6.07, 6.45) is 0. The molecule has 0 saturated heterocycles. The van der Waals surface area contributed by atoms with E-state index in [0.29, 0.717) is 23.6 Å². The second-order valence-corrected chi connectivity index (χ2v) is 6.12. The fourth-order valence-corrected chi connectivity index (χ4v) is 2.42. The number of para-hydroxylation sites is 2. The van der Waals surface area contributed by atoms with Crippen molar-refractivity contribution in [2.24, 2.45) is 5.92 Å². The van der Waals surface area contributed by atoms with E-state index in [-0.39, 0.29) is 11.8 Å². The van der Waals surface area contributed by atoms with Gasteiger partial charge >= 0.3 is 0 Å². The number of amides is 2. The second kappa shape index (κ2) is 8.99. The molecule has 2 rings (SSSR count). The Morgan fingerprint density at radius 3 is 2.35 bits per heavy atom. The molecular formula is C20H23FN2O3. The van der Waals surface area contributed by atoms with Crippen molar-refractivity contribution in [3.63, 3.8) is 0 Å². The zero-order chi connectivity index (χ0) is 19.1. The molecule has 2 aromatic carbocycles. The van der Waals surface area contributed by atoms with E-state index in [2.05, 4.69) is 10.6 Å². The summed E-state index contributed by atoms with van der Waals surface area (Å²) in [6, 6.07) is 11.5. The number of benzene rings is 2. The minimum absolute atomic E-state index is 0.140. The Morgan fingerprint density at radius 1 is 1.08 bits per heavy atom. The molecule has 0 bridgehead atoms. The molecule has 0 heterocycles. The van der Waals surface area contributed by atoms with Crippen molar-refractivity contribution in [2.75, 3.05) is 11.9 Å². The summed E-state index contributed by atoms with van der Waals surface area (Å²) in [5.74, 6) is -0.777. The molecule has 5 nitrogen and oxygen atoms in total. The van der Waals surface area contributed by atoms with Crippen molar-refractivity contribution in [1.82, 2.24) is 5.32 Å². The summed E-state index contributed by atoms with van der Waals surface area (Å²) in [7, 11) is 0. The number of ether oxygens (including phenoxy) is 1. The van der Waals surface area contributed by atoms with Gasteiger partial charge in [-0.2, -0.15) is 0 Å². The van der Waals surface area contributed by atoms with Gasteiger partial charge in [-0.3, -0.25) is 9.59 Å². The average molecular weight is 358 g/mol. The van der Waals surface area contributed by atoms with Crippen LogP contribution < -0.4 is 15.4 Å². The molecule has 0 unspecified atom stereocenters. The van der Waals surface area contributed by atoms with Crippen LogP contribution in [0, 0.1) is 11.7 Å². The van der Waals surface area contributed by atoms with Crippen molar-refractivity contribution < 1.29 is 18.7 Å². The molecule has 2 aromatic rings. The molecular weight excluding hydrogens is 335 g/mol. The quantitative estimate of drug-likeness (QED) is 0.794. The van der Waals surface area contributed by atoms with Crippen LogP contribution in [-0.4, -0.2) is 24.5 Å². The topological polar surface area (TPSA) is 67.4 Å². The largest absolute Gasteiger partial charge is 0.492 e. The number of nitrogens with one attached hydrogen (secondary N) is 2. The molecule has 1 atom stereocenters. The van der Waals surface area contributed by atoms with Crippen LogP contribution in [0.25, 0.3) is 0 Å². The van der Waals surface area contributed by atoms with E-state index in [9.17, 15) is 14.0 Å². The van der Waals surface area contributed by atoms with Gasteiger partial charge in [0.2, 0.25) is 5.91 Å². The number of hydrogen-bond donors (Lipinski definition) is 2. The lowest BCUT2D eigenvalue weighted by Gasteiger charge is -2.22. The monoisotopic (exact) mass is 358 g/mol. The number of anilines is 1. The van der Waals surface area contributed by atoms with Gasteiger partial charge in [0.25, 0.3) is 5.91 Å². The highest BCUT2D eigenvalue weighted by molar-refractivity contribution is 6.01. The van der Waals surface area contributed by atoms with Crippen LogP contribution in [0.15, 0.2) is 48.5 Å². The lowest BCUT2D eigenvalue weighted by molar-refractivity contribution is -0.118. The van der Waals surface area contributed by atoms with E-state index < -0.39 is 17.8 Å². The van der Waals surface area contributed by atoms with Crippen molar-refractivity contribution in [1.29, 1.82) is 0 Å². The normalized spacial score (nSPS) is 11.7. The van der Waals surface area contributed by atoms with E-state index in [0.717, 1.165) is 0 Å². The van der Waals surface area contributed by atoms with Crippen LogP contribution in [0.3, 0.4) is 0 Å². The van der Waals surface area contributed by atoms with Crippen LogP contribution >= 0.6 is 0 Å². The summed E-state index contributed by atoms with van der Waals surface area (Å²) in [6.45, 7) is 6.01. The summed E-state index contributed by atoms with van der Waals surface area (Å²) in [5.41, 5.74) is 0.834. The molecule has 0 aromatic heterocycles. The number of hydrogen-bond acceptors (Lipinski definition) is 3. The summed E-state index contributed by atoms with van der Waals surface area (Å²) < 4.78 is 18.5. The first kappa shape index (κ1) is 19.4. The van der Waals surface area contributed by atoms with E-state index in [1.165, 1.54) is 24.3 Å². The third-order valence-electron chi connectivity index (χ3n) is 3.79. The first-order valence-corrected chi connectivity index (χ1v) is 8.51. The Kier molecular flexibility index (Phi) is 6.72. The maximum absolute atomic E-state index is 13.0. The van der Waals surface area contributed by atoms with Gasteiger partial charge in [-0.15, -0.1) is 0 Å². The maximum Gasteiger partial charge on any atom is 0.251 e. The van der Waals surface area contributed by atoms with E-state index in [1.54, 1.807) is 18.2 Å². The highest BCUT2D eigenvalue weighted by atomic mass is 19.1. The van der Waals surface area contributed by atoms with Gasteiger partial charge in [-0.1, -0.05) is 26.0 Å². The van der Waals surface area contributed by atoms with Gasteiger partial charge in [0.1, 0.15) is 17.6 Å². The van der Waals surface area contributed by atoms with Crippen LogP contribution in [0.2, 0.25) is 0 Å². The standard InChI is InChI=1S/C20H23FN2O3/c1-4-26-17-8-6-5-7-16(17)22-20(25)18(13(2)3)23-19(24)14-9-11-15(21)12-10-14/h5-13,18H,4H2,1-3H3,(H,22,25)(H,23,24)/t18-/m0/s1. The number of carbonyl (C=O) groups is 2. The summed E-state index contributed by atoms with van der Waals surface area (Å²) in [5, 5.41) is 5.51. The lowest BCUT2D eigenvalue weighted by atomic mass is 10.0. The molecule has 2 N–H and O–H groups in total. The highest BCUT2D eigenvalue weighted by Gasteiger charge is 2.25. The van der Waals surface area contributed by atoms with Gasteiger partial charge in [0.15, 0.2) is 0 Å². The van der Waals surface area contributed by atoms with Crippen LogP contribution in [-0.2, 0) is 4.79 Å². The number of halogens is 1. The Hall–Kier alpha value is -2.89. The highest BCUT2D eigenvalue weighted by Crippen LogP contribution is 2.24. The molecule has 0 spiro atoms. The van der Waals surface area contributed by atoms with Gasteiger partial charge in [-0.25, -0.2) is 4.39 Å². The molecule has 2 amide bonds.